The van der Waals surface area contributed by atoms with E-state index < -0.39 is 0 Å². The van der Waals surface area contributed by atoms with Gasteiger partial charge in [0.15, 0.2) is 0 Å². The third-order valence-electron chi connectivity index (χ3n) is 6.24. The first kappa shape index (κ1) is 15.0. The topological polar surface area (TPSA) is 68.0 Å². The molecule has 21 heavy (non-hydrogen) atoms. The van der Waals surface area contributed by atoms with Crippen LogP contribution in [0.1, 0.15) is 55.5 Å². The molecular formula is C16H25N3OS. The second kappa shape index (κ2) is 5.06. The minimum Gasteiger partial charge on any atom is -0.347 e. The van der Waals surface area contributed by atoms with E-state index in [1.165, 1.54) is 24.2 Å². The Morgan fingerprint density at radius 2 is 2.29 bits per heavy atom. The van der Waals surface area contributed by atoms with Gasteiger partial charge in [0, 0.05) is 17.8 Å². The highest BCUT2D eigenvalue weighted by atomic mass is 32.1. The molecular weight excluding hydrogens is 282 g/mol. The van der Waals surface area contributed by atoms with Crippen molar-refractivity contribution in [3.8, 4) is 0 Å². The number of amides is 1. The summed E-state index contributed by atoms with van der Waals surface area (Å²) in [5, 5.41) is 6.05. The van der Waals surface area contributed by atoms with Crippen LogP contribution in [-0.4, -0.2) is 23.5 Å². The fraction of sp³-hybridized carbons (Fsp3) is 0.750. The summed E-state index contributed by atoms with van der Waals surface area (Å²) in [4.78, 5) is 16.8. The molecule has 2 saturated carbocycles. The molecule has 4 nitrogen and oxygen atoms in total. The summed E-state index contributed by atoms with van der Waals surface area (Å²) in [6.45, 7) is 7.63. The number of nitrogens with two attached hydrogens (primary N) is 1. The van der Waals surface area contributed by atoms with Crippen LogP contribution >= 0.6 is 11.3 Å². The summed E-state index contributed by atoms with van der Waals surface area (Å²) < 4.78 is 0. The largest absolute Gasteiger partial charge is 0.347 e. The molecule has 1 aromatic heterocycles. The maximum Gasteiger partial charge on any atom is 0.270 e. The number of fused-ring (bicyclic) bond motifs is 2. The minimum atomic E-state index is -0.0240. The van der Waals surface area contributed by atoms with Gasteiger partial charge in [-0.1, -0.05) is 20.8 Å². The number of thiazole rings is 1. The van der Waals surface area contributed by atoms with Crippen LogP contribution in [0.3, 0.4) is 0 Å². The standard InChI is InChI=1S/C16H25N3OS/c1-15(2)10-4-6-16(15,3)12(8-10)19-14(20)11-9-21-13(18-11)5-7-17/h9-10,12H,4-8,17H2,1-3H3,(H,19,20). The van der Waals surface area contributed by atoms with Crippen LogP contribution in [0.25, 0.3) is 0 Å². The summed E-state index contributed by atoms with van der Waals surface area (Å²) in [5.74, 6) is 0.708. The molecule has 1 aromatic rings. The summed E-state index contributed by atoms with van der Waals surface area (Å²) >= 11 is 1.52. The molecule has 2 bridgehead atoms. The monoisotopic (exact) mass is 307 g/mol. The lowest BCUT2D eigenvalue weighted by atomic mass is 9.69. The highest BCUT2D eigenvalue weighted by molar-refractivity contribution is 7.09. The predicted octanol–water partition coefficient (Wildman–Crippen LogP) is 2.59. The molecule has 1 heterocycles. The van der Waals surface area contributed by atoms with Gasteiger partial charge in [0.25, 0.3) is 5.91 Å². The molecule has 2 aliphatic rings. The van der Waals surface area contributed by atoms with Gasteiger partial charge >= 0.3 is 0 Å². The lowest BCUT2D eigenvalue weighted by Crippen LogP contribution is -2.46. The average molecular weight is 307 g/mol. The van der Waals surface area contributed by atoms with Gasteiger partial charge in [-0.05, 0) is 42.6 Å². The van der Waals surface area contributed by atoms with Crippen LogP contribution in [0.5, 0.6) is 0 Å². The van der Waals surface area contributed by atoms with Crippen molar-refractivity contribution in [2.45, 2.75) is 52.5 Å². The highest BCUT2D eigenvalue weighted by Gasteiger charge is 2.61. The van der Waals surface area contributed by atoms with E-state index in [0.717, 1.165) is 23.8 Å². The molecule has 0 radical (unpaired) electrons. The predicted molar refractivity (Wildman–Crippen MR) is 85.4 cm³/mol. The van der Waals surface area contributed by atoms with E-state index in [9.17, 15) is 4.79 Å². The number of aromatic nitrogens is 1. The van der Waals surface area contributed by atoms with Crippen molar-refractivity contribution in [3.63, 3.8) is 0 Å². The zero-order valence-corrected chi connectivity index (χ0v) is 13.9. The van der Waals surface area contributed by atoms with E-state index in [4.69, 9.17) is 5.73 Å². The van der Waals surface area contributed by atoms with E-state index in [1.54, 1.807) is 0 Å². The fourth-order valence-corrected chi connectivity index (χ4v) is 5.10. The Morgan fingerprint density at radius 3 is 2.86 bits per heavy atom. The number of nitrogens with zero attached hydrogens (tertiary/aromatic N) is 1. The van der Waals surface area contributed by atoms with Crippen molar-refractivity contribution in [1.82, 2.24) is 10.3 Å². The Kier molecular flexibility index (Phi) is 3.61. The lowest BCUT2D eigenvalue weighted by Gasteiger charge is -2.39. The number of carbonyl (C=O) groups excluding carboxylic acids is 1. The van der Waals surface area contributed by atoms with Crippen molar-refractivity contribution in [2.24, 2.45) is 22.5 Å². The maximum atomic E-state index is 12.4. The number of carbonyl (C=O) groups is 1. The van der Waals surface area contributed by atoms with Gasteiger partial charge < -0.3 is 11.1 Å². The van der Waals surface area contributed by atoms with Crippen molar-refractivity contribution < 1.29 is 4.79 Å². The molecule has 2 aliphatic carbocycles. The van der Waals surface area contributed by atoms with Crippen LogP contribution in [0, 0.1) is 16.7 Å². The zero-order chi connectivity index (χ0) is 15.3. The Balaban J connectivity index is 1.71. The Hall–Kier alpha value is -0.940. The summed E-state index contributed by atoms with van der Waals surface area (Å²) in [6, 6.07) is 0.276. The van der Waals surface area contributed by atoms with Crippen molar-refractivity contribution in [1.29, 1.82) is 0 Å². The highest BCUT2D eigenvalue weighted by Crippen LogP contribution is 2.65. The fourth-order valence-electron chi connectivity index (χ4n) is 4.31. The number of nitrogens with one attached hydrogen (secondary N) is 1. The van der Waals surface area contributed by atoms with Gasteiger partial charge in [0.1, 0.15) is 5.69 Å². The molecule has 1 amide bonds. The molecule has 3 unspecified atom stereocenters. The van der Waals surface area contributed by atoms with Crippen LogP contribution in [0.4, 0.5) is 0 Å². The third-order valence-corrected chi connectivity index (χ3v) is 7.15. The third kappa shape index (κ3) is 2.21. The van der Waals surface area contributed by atoms with Crippen LogP contribution in [-0.2, 0) is 6.42 Å². The summed E-state index contributed by atoms with van der Waals surface area (Å²) in [6.07, 6.45) is 4.36. The van der Waals surface area contributed by atoms with Crippen molar-refractivity contribution >= 4 is 17.2 Å². The van der Waals surface area contributed by atoms with E-state index in [0.29, 0.717) is 17.7 Å². The molecule has 5 heteroatoms. The van der Waals surface area contributed by atoms with Gasteiger partial charge in [0.05, 0.1) is 5.01 Å². The molecule has 3 N–H and O–H groups in total. The molecule has 116 valence electrons. The van der Waals surface area contributed by atoms with Crippen LogP contribution < -0.4 is 11.1 Å². The second-order valence-electron chi connectivity index (χ2n) is 7.30. The Morgan fingerprint density at radius 1 is 1.52 bits per heavy atom. The normalized spacial score (nSPS) is 33.3. The van der Waals surface area contributed by atoms with Crippen LogP contribution in [0.2, 0.25) is 0 Å². The molecule has 0 aromatic carbocycles. The first-order valence-electron chi connectivity index (χ1n) is 7.84. The number of rotatable bonds is 4. The van der Waals surface area contributed by atoms with Gasteiger partial charge in [0.2, 0.25) is 0 Å². The Labute approximate surface area is 130 Å². The van der Waals surface area contributed by atoms with Crippen LogP contribution in [0.15, 0.2) is 5.38 Å². The van der Waals surface area contributed by atoms with Gasteiger partial charge in [-0.2, -0.15) is 0 Å². The first-order chi connectivity index (χ1) is 9.88. The molecule has 0 aliphatic heterocycles. The quantitative estimate of drug-likeness (QED) is 0.898. The van der Waals surface area contributed by atoms with E-state index in [-0.39, 0.29) is 17.4 Å². The van der Waals surface area contributed by atoms with Gasteiger partial charge in [-0.25, -0.2) is 4.98 Å². The minimum absolute atomic E-state index is 0.0240. The molecule has 0 saturated heterocycles. The lowest BCUT2D eigenvalue weighted by molar-refractivity contribution is 0.0822. The second-order valence-corrected chi connectivity index (χ2v) is 8.24. The first-order valence-corrected chi connectivity index (χ1v) is 8.72. The van der Waals surface area contributed by atoms with E-state index >= 15 is 0 Å². The molecule has 0 spiro atoms. The molecule has 3 rings (SSSR count). The Bertz CT molecular complexity index is 553. The number of hydrogen-bond acceptors (Lipinski definition) is 4. The van der Waals surface area contributed by atoms with Crippen molar-refractivity contribution in [2.75, 3.05) is 6.54 Å². The maximum absolute atomic E-state index is 12.4. The molecule has 3 atom stereocenters. The zero-order valence-electron chi connectivity index (χ0n) is 13.1. The van der Waals surface area contributed by atoms with E-state index in [1.807, 2.05) is 5.38 Å². The average Bonchev–Trinajstić information content (AvgIpc) is 3.02. The van der Waals surface area contributed by atoms with Gasteiger partial charge in [-0.15, -0.1) is 11.3 Å². The van der Waals surface area contributed by atoms with Gasteiger partial charge in [-0.3, -0.25) is 4.79 Å². The number of hydrogen-bond donors (Lipinski definition) is 2. The summed E-state index contributed by atoms with van der Waals surface area (Å²) in [5.41, 5.74) is 6.61. The SMILES string of the molecule is CC1(C)C2CCC1(C)C(NC(=O)c1csc(CCN)n1)C2. The van der Waals surface area contributed by atoms with Crippen molar-refractivity contribution in [3.05, 3.63) is 16.1 Å². The van der Waals surface area contributed by atoms with E-state index in [2.05, 4.69) is 31.1 Å². The summed E-state index contributed by atoms with van der Waals surface area (Å²) in [7, 11) is 0. The molecule has 2 fully saturated rings. The smallest absolute Gasteiger partial charge is 0.270 e.